The number of amides is 1. The number of rotatable bonds is 10. The van der Waals surface area contributed by atoms with Crippen LogP contribution in [0, 0.1) is 5.92 Å². The number of pyridine rings is 1. The molecule has 0 saturated carbocycles. The summed E-state index contributed by atoms with van der Waals surface area (Å²) in [5, 5.41) is 9.88. The molecule has 2 N–H and O–H groups in total. The molecule has 1 amide bonds. The number of aliphatic hydroxyl groups excluding tert-OH is 1. The Morgan fingerprint density at radius 2 is 1.88 bits per heavy atom. The Labute approximate surface area is 242 Å². The van der Waals surface area contributed by atoms with E-state index in [2.05, 4.69) is 14.6 Å². The summed E-state index contributed by atoms with van der Waals surface area (Å²) in [7, 11) is -0.355. The number of benzene rings is 2. The summed E-state index contributed by atoms with van der Waals surface area (Å²) < 4.78 is 40.4. The van der Waals surface area contributed by atoms with Crippen LogP contribution >= 0.6 is 0 Å². The average Bonchev–Trinajstić information content (AvgIpc) is 3.00. The van der Waals surface area contributed by atoms with E-state index in [9.17, 15) is 18.3 Å². The Balaban J connectivity index is 1.62. The van der Waals surface area contributed by atoms with Crippen LogP contribution in [-0.4, -0.2) is 80.2 Å². The lowest BCUT2D eigenvalue weighted by Crippen LogP contribution is -2.47. The molecule has 11 heteroatoms. The lowest BCUT2D eigenvalue weighted by atomic mass is 10.0. The molecule has 0 radical (unpaired) electrons. The first-order valence-corrected chi connectivity index (χ1v) is 15.0. The number of hydrogen-bond donors (Lipinski definition) is 2. The van der Waals surface area contributed by atoms with Crippen molar-refractivity contribution in [1.82, 2.24) is 14.8 Å². The highest BCUT2D eigenvalue weighted by Crippen LogP contribution is 2.30. The maximum Gasteiger partial charge on any atom is 0.261 e. The first-order chi connectivity index (χ1) is 19.6. The number of aromatic nitrogens is 1. The van der Waals surface area contributed by atoms with E-state index in [0.717, 1.165) is 5.56 Å². The zero-order valence-corrected chi connectivity index (χ0v) is 24.7. The van der Waals surface area contributed by atoms with Crippen LogP contribution in [-0.2, 0) is 27.8 Å². The predicted octanol–water partition coefficient (Wildman–Crippen LogP) is 3.17. The van der Waals surface area contributed by atoms with Crippen molar-refractivity contribution in [3.05, 3.63) is 78.1 Å². The van der Waals surface area contributed by atoms with Crippen molar-refractivity contribution >= 4 is 21.6 Å². The topological polar surface area (TPSA) is 121 Å². The fraction of sp³-hybridized carbons (Fsp3) is 0.400. The van der Waals surface area contributed by atoms with Gasteiger partial charge in [0.25, 0.3) is 10.0 Å². The Morgan fingerprint density at radius 3 is 2.54 bits per heavy atom. The third-order valence-corrected chi connectivity index (χ3v) is 8.63. The summed E-state index contributed by atoms with van der Waals surface area (Å²) in [5.41, 5.74) is 2.01. The molecule has 0 saturated heterocycles. The van der Waals surface area contributed by atoms with Crippen molar-refractivity contribution < 1.29 is 27.8 Å². The average molecular weight is 583 g/mol. The largest absolute Gasteiger partial charge is 0.497 e. The van der Waals surface area contributed by atoms with Crippen LogP contribution in [0.3, 0.4) is 0 Å². The van der Waals surface area contributed by atoms with Crippen LogP contribution in [0.2, 0.25) is 0 Å². The van der Waals surface area contributed by atoms with Crippen molar-refractivity contribution in [2.24, 2.45) is 5.92 Å². The highest BCUT2D eigenvalue weighted by atomic mass is 32.2. The Hall–Kier alpha value is -3.67. The van der Waals surface area contributed by atoms with Gasteiger partial charge in [0.15, 0.2) is 0 Å². The van der Waals surface area contributed by atoms with Gasteiger partial charge in [-0.25, -0.2) is 8.42 Å². The maximum atomic E-state index is 13.5. The van der Waals surface area contributed by atoms with E-state index in [1.54, 1.807) is 47.6 Å². The van der Waals surface area contributed by atoms with Gasteiger partial charge in [0.1, 0.15) is 17.6 Å². The van der Waals surface area contributed by atoms with Gasteiger partial charge in [-0.3, -0.25) is 19.4 Å². The van der Waals surface area contributed by atoms with Crippen LogP contribution in [0.5, 0.6) is 11.5 Å². The lowest BCUT2D eigenvalue weighted by Gasteiger charge is -2.34. The molecule has 41 heavy (non-hydrogen) atoms. The second-order valence-corrected chi connectivity index (χ2v) is 12.2. The maximum absolute atomic E-state index is 13.5. The second-order valence-electron chi connectivity index (χ2n) is 10.5. The molecule has 0 bridgehead atoms. The van der Waals surface area contributed by atoms with E-state index in [1.165, 1.54) is 19.2 Å². The number of likely N-dealkylation sites (N-methyl/N-ethyl adjacent to an activating group) is 1. The summed E-state index contributed by atoms with van der Waals surface area (Å²) in [5.74, 6) is 0.864. The number of methoxy groups -OCH3 is 1. The standard InChI is InChI=1S/C30H38N4O6S/c1-21-17-34(22(2)20-35)30(36)16-24-15-25(32-41(37,38)27-8-6-26(39-4)7-9-27)5-10-28(24)40-29(21)19-33(3)18-23-11-13-31-14-12-23/h5-15,21-22,29,32,35H,16-20H2,1-4H3/t21-,22+,29+/m1/s1. The minimum atomic E-state index is -3.88. The van der Waals surface area contributed by atoms with Crippen molar-refractivity contribution in [1.29, 1.82) is 0 Å². The van der Waals surface area contributed by atoms with E-state index in [-0.39, 0.29) is 41.9 Å². The summed E-state index contributed by atoms with van der Waals surface area (Å²) in [4.78, 5) is 21.5. The molecular weight excluding hydrogens is 544 g/mol. The summed E-state index contributed by atoms with van der Waals surface area (Å²) in [6, 6.07) is 14.6. The van der Waals surface area contributed by atoms with Gasteiger partial charge in [-0.15, -0.1) is 0 Å². The molecule has 0 unspecified atom stereocenters. The van der Waals surface area contributed by atoms with Gasteiger partial charge in [-0.1, -0.05) is 6.92 Å². The summed E-state index contributed by atoms with van der Waals surface area (Å²) in [6.07, 6.45) is 3.25. The number of carbonyl (C=O) groups excluding carboxylic acids is 1. The van der Waals surface area contributed by atoms with Crippen molar-refractivity contribution in [2.45, 2.75) is 43.9 Å². The third kappa shape index (κ3) is 7.75. The van der Waals surface area contributed by atoms with Crippen LogP contribution in [0.4, 0.5) is 5.69 Å². The van der Waals surface area contributed by atoms with Crippen LogP contribution in [0.25, 0.3) is 0 Å². The van der Waals surface area contributed by atoms with Gasteiger partial charge < -0.3 is 19.5 Å². The van der Waals surface area contributed by atoms with Crippen molar-refractivity contribution in [3.63, 3.8) is 0 Å². The third-order valence-electron chi connectivity index (χ3n) is 7.23. The normalized spacial score (nSPS) is 18.5. The number of nitrogens with zero attached hydrogens (tertiary/aromatic N) is 3. The van der Waals surface area contributed by atoms with Gasteiger partial charge >= 0.3 is 0 Å². The molecule has 3 atom stereocenters. The van der Waals surface area contributed by atoms with Gasteiger partial charge in [-0.2, -0.15) is 0 Å². The van der Waals surface area contributed by atoms with E-state index >= 15 is 0 Å². The highest BCUT2D eigenvalue weighted by Gasteiger charge is 2.31. The van der Waals surface area contributed by atoms with Gasteiger partial charge in [-0.05, 0) is 74.1 Å². The number of hydrogen-bond acceptors (Lipinski definition) is 8. The van der Waals surface area contributed by atoms with Crippen LogP contribution in [0.1, 0.15) is 25.0 Å². The number of aliphatic hydroxyl groups is 1. The zero-order valence-electron chi connectivity index (χ0n) is 23.9. The molecule has 220 valence electrons. The lowest BCUT2D eigenvalue weighted by molar-refractivity contribution is -0.134. The molecular formula is C30H38N4O6S. The molecule has 1 aliphatic heterocycles. The number of anilines is 1. The molecule has 10 nitrogen and oxygen atoms in total. The SMILES string of the molecule is COc1ccc(S(=O)(=O)Nc2ccc3c(c2)CC(=O)N([C@@H](C)CO)C[C@@H](C)[C@H](CN(C)Cc2ccncc2)O3)cc1. The second kappa shape index (κ2) is 13.3. The molecule has 2 heterocycles. The van der Waals surface area contributed by atoms with Gasteiger partial charge in [0.2, 0.25) is 5.91 Å². The monoisotopic (exact) mass is 582 g/mol. The van der Waals surface area contributed by atoms with E-state index in [4.69, 9.17) is 9.47 Å². The number of carbonyl (C=O) groups is 1. The fourth-order valence-electron chi connectivity index (χ4n) is 4.85. The minimum Gasteiger partial charge on any atom is -0.497 e. The first-order valence-electron chi connectivity index (χ1n) is 13.5. The van der Waals surface area contributed by atoms with E-state index in [1.807, 2.05) is 33.0 Å². The molecule has 0 spiro atoms. The Kier molecular flexibility index (Phi) is 9.85. The first kappa shape index (κ1) is 30.3. The van der Waals surface area contributed by atoms with Crippen molar-refractivity contribution in [2.75, 3.05) is 38.6 Å². The number of fused-ring (bicyclic) bond motifs is 1. The Morgan fingerprint density at radius 1 is 1.17 bits per heavy atom. The molecule has 0 aliphatic carbocycles. The summed E-state index contributed by atoms with van der Waals surface area (Å²) in [6.45, 7) is 5.39. The Bertz CT molecular complexity index is 1420. The molecule has 2 aromatic carbocycles. The smallest absolute Gasteiger partial charge is 0.261 e. The molecule has 4 rings (SSSR count). The minimum absolute atomic E-state index is 0.00404. The molecule has 1 aliphatic rings. The zero-order chi connectivity index (χ0) is 29.6. The van der Waals surface area contributed by atoms with E-state index in [0.29, 0.717) is 42.4 Å². The van der Waals surface area contributed by atoms with Gasteiger partial charge in [0, 0.05) is 49.2 Å². The molecule has 1 aromatic heterocycles. The number of ether oxygens (including phenoxy) is 2. The quantitative estimate of drug-likeness (QED) is 0.374. The number of nitrogens with one attached hydrogen (secondary N) is 1. The highest BCUT2D eigenvalue weighted by molar-refractivity contribution is 7.92. The van der Waals surface area contributed by atoms with Crippen molar-refractivity contribution in [3.8, 4) is 11.5 Å². The fourth-order valence-corrected chi connectivity index (χ4v) is 5.90. The van der Waals surface area contributed by atoms with Crippen LogP contribution in [0.15, 0.2) is 71.9 Å². The number of sulfonamides is 1. The molecule has 0 fully saturated rings. The van der Waals surface area contributed by atoms with Crippen LogP contribution < -0.4 is 14.2 Å². The van der Waals surface area contributed by atoms with Gasteiger partial charge in [0.05, 0.1) is 31.1 Å². The summed E-state index contributed by atoms with van der Waals surface area (Å²) >= 11 is 0. The predicted molar refractivity (Wildman–Crippen MR) is 156 cm³/mol. The molecule has 3 aromatic rings. The van der Waals surface area contributed by atoms with E-state index < -0.39 is 10.0 Å².